The summed E-state index contributed by atoms with van der Waals surface area (Å²) in [5.41, 5.74) is 1.60. The largest absolute Gasteiger partial charge is 0.345 e. The second-order valence-electron chi connectivity index (χ2n) is 3.73. The second-order valence-corrected chi connectivity index (χ2v) is 3.73. The zero-order valence-electron chi connectivity index (χ0n) is 9.73. The predicted molar refractivity (Wildman–Crippen MR) is 61.4 cm³/mol. The van der Waals surface area contributed by atoms with Crippen LogP contribution in [0.25, 0.3) is 0 Å². The summed E-state index contributed by atoms with van der Waals surface area (Å²) < 4.78 is 4.81. The van der Waals surface area contributed by atoms with Crippen LogP contribution in [0.2, 0.25) is 0 Å². The van der Waals surface area contributed by atoms with Crippen molar-refractivity contribution in [3.8, 4) is 0 Å². The summed E-state index contributed by atoms with van der Waals surface area (Å²) >= 11 is 0. The number of carbonyl (C=O) groups is 1. The fraction of sp³-hybridized carbons (Fsp3) is 0.250. The number of rotatable bonds is 3. The molecule has 88 valence electrons. The second kappa shape index (κ2) is 4.78. The highest BCUT2D eigenvalue weighted by Crippen LogP contribution is 2.06. The molecule has 1 aromatic heterocycles. The molecule has 0 saturated heterocycles. The summed E-state index contributed by atoms with van der Waals surface area (Å²) in [6.45, 7) is 3.87. The molecule has 0 spiro atoms. The minimum Gasteiger partial charge on any atom is -0.345 e. The lowest BCUT2D eigenvalue weighted by Gasteiger charge is -2.05. The van der Waals surface area contributed by atoms with Gasteiger partial charge in [-0.2, -0.15) is 4.98 Å². The topological polar surface area (TPSA) is 68.0 Å². The first-order valence-corrected chi connectivity index (χ1v) is 5.30. The Balaban J connectivity index is 2.01. The third kappa shape index (κ3) is 2.69. The van der Waals surface area contributed by atoms with Crippen LogP contribution in [0, 0.1) is 13.8 Å². The molecule has 0 unspecified atom stereocenters. The minimum atomic E-state index is -0.134. The highest BCUT2D eigenvalue weighted by atomic mass is 16.5. The van der Waals surface area contributed by atoms with Crippen LogP contribution < -0.4 is 5.32 Å². The molecule has 0 saturated carbocycles. The van der Waals surface area contributed by atoms with E-state index >= 15 is 0 Å². The van der Waals surface area contributed by atoms with Crippen molar-refractivity contribution >= 4 is 5.91 Å². The first kappa shape index (κ1) is 11.3. The van der Waals surface area contributed by atoms with Gasteiger partial charge >= 0.3 is 0 Å². The maximum Gasteiger partial charge on any atom is 0.251 e. The van der Waals surface area contributed by atoms with E-state index in [1.54, 1.807) is 13.0 Å². The number of aromatic nitrogens is 2. The molecule has 1 amide bonds. The van der Waals surface area contributed by atoms with Gasteiger partial charge in [0, 0.05) is 12.5 Å². The van der Waals surface area contributed by atoms with Gasteiger partial charge < -0.3 is 9.84 Å². The molecule has 17 heavy (non-hydrogen) atoms. The van der Waals surface area contributed by atoms with Gasteiger partial charge in [-0.05, 0) is 18.6 Å². The Hall–Kier alpha value is -2.17. The molecule has 0 fully saturated rings. The normalized spacial score (nSPS) is 10.2. The van der Waals surface area contributed by atoms with Crippen LogP contribution in [0.1, 0.15) is 27.6 Å². The monoisotopic (exact) mass is 231 g/mol. The van der Waals surface area contributed by atoms with E-state index in [1.807, 2.05) is 25.1 Å². The van der Waals surface area contributed by atoms with Crippen LogP contribution in [0.15, 0.2) is 28.8 Å². The van der Waals surface area contributed by atoms with E-state index in [1.165, 1.54) is 0 Å². The van der Waals surface area contributed by atoms with Gasteiger partial charge in [-0.15, -0.1) is 0 Å². The van der Waals surface area contributed by atoms with Crippen molar-refractivity contribution in [2.75, 3.05) is 0 Å². The smallest absolute Gasteiger partial charge is 0.251 e. The van der Waals surface area contributed by atoms with Crippen molar-refractivity contribution in [3.63, 3.8) is 0 Å². The third-order valence-electron chi connectivity index (χ3n) is 2.37. The number of nitrogens with zero attached hydrogens (tertiary/aromatic N) is 2. The van der Waals surface area contributed by atoms with E-state index in [4.69, 9.17) is 4.52 Å². The number of nitrogens with one attached hydrogen (secondary N) is 1. The van der Waals surface area contributed by atoms with Gasteiger partial charge in [-0.3, -0.25) is 4.79 Å². The summed E-state index contributed by atoms with van der Waals surface area (Å²) in [6.07, 6.45) is 0. The lowest BCUT2D eigenvalue weighted by Crippen LogP contribution is -2.24. The molecule has 2 aromatic rings. The summed E-state index contributed by atoms with van der Waals surface area (Å²) in [4.78, 5) is 15.9. The summed E-state index contributed by atoms with van der Waals surface area (Å²) in [6, 6.07) is 7.41. The number of hydrogen-bond acceptors (Lipinski definition) is 4. The molecule has 5 nitrogen and oxygen atoms in total. The van der Waals surface area contributed by atoms with Crippen molar-refractivity contribution in [1.82, 2.24) is 15.5 Å². The quantitative estimate of drug-likeness (QED) is 0.871. The number of aryl methyl sites for hydroxylation is 2. The van der Waals surface area contributed by atoms with Gasteiger partial charge in [0.1, 0.15) is 0 Å². The first-order valence-electron chi connectivity index (χ1n) is 5.30. The van der Waals surface area contributed by atoms with Crippen molar-refractivity contribution in [2.24, 2.45) is 0 Å². The Morgan fingerprint density at radius 3 is 2.76 bits per heavy atom. The summed E-state index contributed by atoms with van der Waals surface area (Å²) in [7, 11) is 0. The average molecular weight is 231 g/mol. The molecular formula is C12H13N3O2. The fourth-order valence-corrected chi connectivity index (χ4v) is 1.50. The molecule has 1 N–H and O–H groups in total. The van der Waals surface area contributed by atoms with Crippen LogP contribution in [-0.4, -0.2) is 16.0 Å². The molecule has 1 heterocycles. The van der Waals surface area contributed by atoms with Gasteiger partial charge in [0.05, 0.1) is 6.54 Å². The maximum absolute atomic E-state index is 11.8. The van der Waals surface area contributed by atoms with E-state index in [0.717, 1.165) is 5.56 Å². The minimum absolute atomic E-state index is 0.134. The van der Waals surface area contributed by atoms with Crippen molar-refractivity contribution in [2.45, 2.75) is 20.4 Å². The molecule has 1 aromatic carbocycles. The van der Waals surface area contributed by atoms with E-state index < -0.39 is 0 Å². The number of carbonyl (C=O) groups excluding carboxylic acids is 1. The van der Waals surface area contributed by atoms with Crippen molar-refractivity contribution in [3.05, 3.63) is 47.1 Å². The van der Waals surface area contributed by atoms with Crippen LogP contribution >= 0.6 is 0 Å². The van der Waals surface area contributed by atoms with E-state index in [-0.39, 0.29) is 12.5 Å². The molecule has 5 heteroatoms. The van der Waals surface area contributed by atoms with Crippen LogP contribution in [-0.2, 0) is 6.54 Å². The Bertz CT molecular complexity index is 534. The SMILES string of the molecule is Cc1nc(CNC(=O)c2ccccc2C)no1. The van der Waals surface area contributed by atoms with Crippen molar-refractivity contribution < 1.29 is 9.32 Å². The van der Waals surface area contributed by atoms with Gasteiger partial charge in [0.15, 0.2) is 5.82 Å². The Morgan fingerprint density at radius 2 is 2.12 bits per heavy atom. The van der Waals surface area contributed by atoms with Gasteiger partial charge in [-0.1, -0.05) is 23.4 Å². The van der Waals surface area contributed by atoms with E-state index in [9.17, 15) is 4.79 Å². The fourth-order valence-electron chi connectivity index (χ4n) is 1.50. The standard InChI is InChI=1S/C12H13N3O2/c1-8-5-3-4-6-10(8)12(16)13-7-11-14-9(2)17-15-11/h3-6H,7H2,1-2H3,(H,13,16). The Labute approximate surface area is 98.8 Å². The average Bonchev–Trinajstić information content (AvgIpc) is 2.73. The number of amides is 1. The van der Waals surface area contributed by atoms with Crippen LogP contribution in [0.3, 0.4) is 0 Å². The highest BCUT2D eigenvalue weighted by molar-refractivity contribution is 5.95. The van der Waals surface area contributed by atoms with E-state index in [0.29, 0.717) is 17.3 Å². The predicted octanol–water partition coefficient (Wildman–Crippen LogP) is 1.62. The maximum atomic E-state index is 11.8. The summed E-state index contributed by atoms with van der Waals surface area (Å²) in [5, 5.41) is 6.45. The zero-order chi connectivity index (χ0) is 12.3. The molecule has 2 rings (SSSR count). The van der Waals surface area contributed by atoms with Gasteiger partial charge in [0.2, 0.25) is 5.89 Å². The molecule has 0 atom stereocenters. The molecule has 0 radical (unpaired) electrons. The highest BCUT2D eigenvalue weighted by Gasteiger charge is 2.09. The Morgan fingerprint density at radius 1 is 1.35 bits per heavy atom. The van der Waals surface area contributed by atoms with Crippen LogP contribution in [0.4, 0.5) is 0 Å². The number of hydrogen-bond donors (Lipinski definition) is 1. The lowest BCUT2D eigenvalue weighted by atomic mass is 10.1. The molecular weight excluding hydrogens is 218 g/mol. The van der Waals surface area contributed by atoms with Crippen molar-refractivity contribution in [1.29, 1.82) is 0 Å². The number of benzene rings is 1. The first-order chi connectivity index (χ1) is 8.16. The van der Waals surface area contributed by atoms with Crippen LogP contribution in [0.5, 0.6) is 0 Å². The summed E-state index contributed by atoms with van der Waals surface area (Å²) in [5.74, 6) is 0.833. The zero-order valence-corrected chi connectivity index (χ0v) is 9.73. The third-order valence-corrected chi connectivity index (χ3v) is 2.37. The van der Waals surface area contributed by atoms with Gasteiger partial charge in [0.25, 0.3) is 5.91 Å². The lowest BCUT2D eigenvalue weighted by molar-refractivity contribution is 0.0949. The van der Waals surface area contributed by atoms with E-state index in [2.05, 4.69) is 15.5 Å². The molecule has 0 aliphatic rings. The van der Waals surface area contributed by atoms with Gasteiger partial charge in [-0.25, -0.2) is 0 Å². The molecule has 0 aliphatic carbocycles. The molecule has 0 bridgehead atoms. The molecule has 0 aliphatic heterocycles. The Kier molecular flexibility index (Phi) is 3.18.